The molecule has 0 atom stereocenters. The van der Waals surface area contributed by atoms with Crippen molar-refractivity contribution in [1.82, 2.24) is 0 Å². The van der Waals surface area contributed by atoms with Crippen LogP contribution in [0.2, 0.25) is 0 Å². The maximum Gasteiger partial charge on any atom is 0.361 e. The summed E-state index contributed by atoms with van der Waals surface area (Å²) in [5.41, 5.74) is 5.19. The van der Waals surface area contributed by atoms with Gasteiger partial charge in [0, 0.05) is 5.39 Å². The van der Waals surface area contributed by atoms with Gasteiger partial charge < -0.3 is 10.2 Å². The lowest BCUT2D eigenvalue weighted by Gasteiger charge is -1.99. The Bertz CT molecular complexity index is 593. The molecule has 2 aromatic rings. The zero-order valence-electron chi connectivity index (χ0n) is 7.15. The van der Waals surface area contributed by atoms with Gasteiger partial charge in [-0.1, -0.05) is 12.1 Å². The van der Waals surface area contributed by atoms with Gasteiger partial charge in [0.1, 0.15) is 17.3 Å². The first-order valence-corrected chi connectivity index (χ1v) is 3.95. The Kier molecular flexibility index (Phi) is 1.72. The summed E-state index contributed by atoms with van der Waals surface area (Å²) in [6.07, 6.45) is 0. The van der Waals surface area contributed by atoms with Crippen molar-refractivity contribution in [2.75, 3.05) is 5.73 Å². The highest BCUT2D eigenvalue weighted by Gasteiger charge is 2.09. The third-order valence-electron chi connectivity index (χ3n) is 1.96. The second-order valence-corrected chi connectivity index (χ2v) is 2.79. The van der Waals surface area contributed by atoms with Gasteiger partial charge in [-0.2, -0.15) is 5.26 Å². The van der Waals surface area contributed by atoms with Gasteiger partial charge in [0.05, 0.1) is 5.56 Å². The zero-order valence-corrected chi connectivity index (χ0v) is 7.15. The summed E-state index contributed by atoms with van der Waals surface area (Å²) in [5.74, 6) is 0. The van der Waals surface area contributed by atoms with E-state index < -0.39 is 5.63 Å². The summed E-state index contributed by atoms with van der Waals surface area (Å²) in [6, 6.07) is 8.68. The largest absolute Gasteiger partial charge is 0.421 e. The topological polar surface area (TPSA) is 80.0 Å². The number of hydrogen-bond acceptors (Lipinski definition) is 4. The number of para-hydroxylation sites is 1. The molecule has 0 bridgehead atoms. The molecule has 4 heteroatoms. The van der Waals surface area contributed by atoms with E-state index in [0.29, 0.717) is 11.0 Å². The van der Waals surface area contributed by atoms with Gasteiger partial charge in [-0.3, -0.25) is 0 Å². The first kappa shape index (κ1) is 8.32. The molecule has 1 aromatic carbocycles. The van der Waals surface area contributed by atoms with Crippen molar-refractivity contribution in [2.24, 2.45) is 0 Å². The van der Waals surface area contributed by atoms with E-state index in [2.05, 4.69) is 0 Å². The number of nitriles is 1. The molecule has 0 fully saturated rings. The fourth-order valence-corrected chi connectivity index (χ4v) is 1.28. The van der Waals surface area contributed by atoms with E-state index >= 15 is 0 Å². The Hall–Kier alpha value is -2.28. The quantitative estimate of drug-likeness (QED) is 0.628. The molecule has 2 rings (SSSR count). The maximum atomic E-state index is 11.2. The molecular formula is C10H6N2O2. The predicted molar refractivity (Wildman–Crippen MR) is 51.6 cm³/mol. The molecule has 68 valence electrons. The predicted octanol–water partition coefficient (Wildman–Crippen LogP) is 1.25. The molecule has 0 spiro atoms. The van der Waals surface area contributed by atoms with Crippen LogP contribution in [0.4, 0.5) is 5.69 Å². The molecule has 0 aliphatic heterocycles. The minimum absolute atomic E-state index is 0.133. The van der Waals surface area contributed by atoms with Crippen LogP contribution in [0.25, 0.3) is 11.0 Å². The molecule has 14 heavy (non-hydrogen) atoms. The van der Waals surface area contributed by atoms with E-state index in [1.165, 1.54) is 0 Å². The van der Waals surface area contributed by atoms with Crippen molar-refractivity contribution < 1.29 is 4.42 Å². The highest BCUT2D eigenvalue weighted by Crippen LogP contribution is 2.19. The maximum absolute atomic E-state index is 11.2. The van der Waals surface area contributed by atoms with Crippen molar-refractivity contribution >= 4 is 16.7 Å². The first-order chi connectivity index (χ1) is 6.74. The molecule has 0 aliphatic rings. The monoisotopic (exact) mass is 186 g/mol. The number of rotatable bonds is 0. The van der Waals surface area contributed by atoms with E-state index in [1.807, 2.05) is 6.07 Å². The molecular weight excluding hydrogens is 180 g/mol. The number of nitrogens with two attached hydrogens (primary N) is 1. The van der Waals surface area contributed by atoms with Crippen molar-refractivity contribution in [3.05, 3.63) is 40.2 Å². The summed E-state index contributed by atoms with van der Waals surface area (Å²) in [7, 11) is 0. The third kappa shape index (κ3) is 1.04. The fourth-order valence-electron chi connectivity index (χ4n) is 1.28. The Morgan fingerprint density at radius 2 is 2.07 bits per heavy atom. The molecule has 0 amide bonds. The lowest BCUT2D eigenvalue weighted by Crippen LogP contribution is -2.09. The van der Waals surface area contributed by atoms with Crippen LogP contribution in [0.15, 0.2) is 33.5 Å². The standard InChI is InChI=1S/C10H6N2O2/c11-5-7-6-3-1-2-4-8(6)14-10(13)9(7)12/h1-4H,12H2. The highest BCUT2D eigenvalue weighted by molar-refractivity contribution is 5.87. The van der Waals surface area contributed by atoms with Crippen LogP contribution in [0, 0.1) is 11.3 Å². The smallest absolute Gasteiger partial charge is 0.361 e. The highest BCUT2D eigenvalue weighted by atomic mass is 16.4. The summed E-state index contributed by atoms with van der Waals surface area (Å²) in [6.45, 7) is 0. The number of nitrogen functional groups attached to an aromatic ring is 1. The van der Waals surface area contributed by atoms with Gasteiger partial charge >= 0.3 is 5.63 Å². The van der Waals surface area contributed by atoms with Gasteiger partial charge in [-0.05, 0) is 12.1 Å². The number of hydrogen-bond donors (Lipinski definition) is 1. The van der Waals surface area contributed by atoms with E-state index in [9.17, 15) is 4.79 Å². The Balaban J connectivity index is 3.06. The molecule has 0 aliphatic carbocycles. The van der Waals surface area contributed by atoms with Crippen LogP contribution in [0.3, 0.4) is 0 Å². The third-order valence-corrected chi connectivity index (χ3v) is 1.96. The summed E-state index contributed by atoms with van der Waals surface area (Å²) < 4.78 is 4.90. The molecule has 1 aromatic heterocycles. The average Bonchev–Trinajstić information content (AvgIpc) is 2.20. The van der Waals surface area contributed by atoms with Crippen LogP contribution in [-0.4, -0.2) is 0 Å². The van der Waals surface area contributed by atoms with Crippen LogP contribution in [0.1, 0.15) is 5.56 Å². The van der Waals surface area contributed by atoms with Gasteiger partial charge in [0.15, 0.2) is 0 Å². The van der Waals surface area contributed by atoms with Gasteiger partial charge in [0.2, 0.25) is 0 Å². The van der Waals surface area contributed by atoms with Gasteiger partial charge in [-0.15, -0.1) is 0 Å². The zero-order chi connectivity index (χ0) is 10.1. The molecule has 0 saturated carbocycles. The number of benzene rings is 1. The fraction of sp³-hybridized carbons (Fsp3) is 0. The molecule has 4 nitrogen and oxygen atoms in total. The number of nitrogens with zero attached hydrogens (tertiary/aromatic N) is 1. The number of fused-ring (bicyclic) bond motifs is 1. The minimum atomic E-state index is -0.666. The lowest BCUT2D eigenvalue weighted by atomic mass is 10.1. The van der Waals surface area contributed by atoms with Crippen LogP contribution in [-0.2, 0) is 0 Å². The lowest BCUT2D eigenvalue weighted by molar-refractivity contribution is 0.564. The second kappa shape index (κ2) is 2.89. The molecule has 0 radical (unpaired) electrons. The van der Waals surface area contributed by atoms with Crippen LogP contribution >= 0.6 is 0 Å². The van der Waals surface area contributed by atoms with Crippen LogP contribution in [0.5, 0.6) is 0 Å². The Labute approximate surface area is 79.2 Å². The second-order valence-electron chi connectivity index (χ2n) is 2.79. The molecule has 2 N–H and O–H groups in total. The summed E-state index contributed by atoms with van der Waals surface area (Å²) >= 11 is 0. The minimum Gasteiger partial charge on any atom is -0.421 e. The van der Waals surface area contributed by atoms with Crippen molar-refractivity contribution in [1.29, 1.82) is 5.26 Å². The van der Waals surface area contributed by atoms with Gasteiger partial charge in [0.25, 0.3) is 0 Å². The SMILES string of the molecule is N#Cc1c(N)c(=O)oc2ccccc12. The van der Waals surface area contributed by atoms with E-state index in [4.69, 9.17) is 15.4 Å². The van der Waals surface area contributed by atoms with E-state index in [1.54, 1.807) is 24.3 Å². The van der Waals surface area contributed by atoms with E-state index in [-0.39, 0.29) is 11.3 Å². The van der Waals surface area contributed by atoms with Crippen molar-refractivity contribution in [2.45, 2.75) is 0 Å². The molecule has 0 unspecified atom stereocenters. The molecule has 1 heterocycles. The summed E-state index contributed by atoms with van der Waals surface area (Å²) in [4.78, 5) is 11.2. The average molecular weight is 186 g/mol. The van der Waals surface area contributed by atoms with Crippen molar-refractivity contribution in [3.8, 4) is 6.07 Å². The number of anilines is 1. The van der Waals surface area contributed by atoms with Crippen LogP contribution < -0.4 is 11.4 Å². The Morgan fingerprint density at radius 1 is 1.36 bits per heavy atom. The Morgan fingerprint density at radius 3 is 2.79 bits per heavy atom. The normalized spacial score (nSPS) is 9.93. The molecule has 0 saturated heterocycles. The first-order valence-electron chi connectivity index (χ1n) is 3.95. The summed E-state index contributed by atoms with van der Waals surface area (Å²) in [5, 5.41) is 9.39. The van der Waals surface area contributed by atoms with Gasteiger partial charge in [-0.25, -0.2) is 4.79 Å². The van der Waals surface area contributed by atoms with Crippen molar-refractivity contribution in [3.63, 3.8) is 0 Å². The van der Waals surface area contributed by atoms with E-state index in [0.717, 1.165) is 0 Å².